The number of carbonyl (C=O) groups excluding carboxylic acids is 2. The van der Waals surface area contributed by atoms with Crippen molar-refractivity contribution in [2.75, 3.05) is 6.54 Å². The number of hydrogen-bond acceptors (Lipinski definition) is 5. The fourth-order valence-corrected chi connectivity index (χ4v) is 5.74. The topological polar surface area (TPSA) is 84.2 Å². The second-order valence-corrected chi connectivity index (χ2v) is 11.3. The quantitative estimate of drug-likeness (QED) is 0.212. The van der Waals surface area contributed by atoms with E-state index in [2.05, 4.69) is 27.1 Å². The molecule has 3 heterocycles. The van der Waals surface area contributed by atoms with Gasteiger partial charge in [-0.05, 0) is 47.7 Å². The standard InChI is InChI=1S/C37H36N6O2/c1-27-40-24-33(41(27)2)17-18-35(44)43(25-29-13-15-31(16-14-29)36-38-20-8-21-39-36)34(23-28-9-4-3-5-10-28)37(45)42-22-19-30-11-6-7-12-32(30)26-42/h3-18,20-21,24,34H,19,22-23,25-26H2,1-2H3/t34-/m0/s1. The van der Waals surface area contributed by atoms with Gasteiger partial charge < -0.3 is 14.4 Å². The summed E-state index contributed by atoms with van der Waals surface area (Å²) in [5, 5.41) is 0. The lowest BCUT2D eigenvalue weighted by Crippen LogP contribution is -2.52. The van der Waals surface area contributed by atoms with Gasteiger partial charge in [0.2, 0.25) is 11.8 Å². The van der Waals surface area contributed by atoms with E-state index in [9.17, 15) is 9.59 Å². The molecule has 1 atom stereocenters. The van der Waals surface area contributed by atoms with Crippen molar-refractivity contribution < 1.29 is 9.59 Å². The Balaban J connectivity index is 1.35. The molecular formula is C37H36N6O2. The normalized spacial score (nSPS) is 13.4. The molecule has 0 bridgehead atoms. The molecule has 0 fully saturated rings. The molecule has 3 aromatic carbocycles. The van der Waals surface area contributed by atoms with Crippen molar-refractivity contribution in [3.63, 3.8) is 0 Å². The molecule has 6 rings (SSSR count). The molecule has 8 nitrogen and oxygen atoms in total. The fraction of sp³-hybridized carbons (Fsp3) is 0.216. The number of aryl methyl sites for hydroxylation is 1. The van der Waals surface area contributed by atoms with E-state index in [-0.39, 0.29) is 18.4 Å². The maximum atomic E-state index is 14.5. The first-order chi connectivity index (χ1) is 22.0. The number of aromatic nitrogens is 4. The number of nitrogens with zero attached hydrogens (tertiary/aromatic N) is 6. The van der Waals surface area contributed by atoms with Gasteiger partial charge in [-0.1, -0.05) is 78.9 Å². The van der Waals surface area contributed by atoms with Gasteiger partial charge in [-0.3, -0.25) is 9.59 Å². The second-order valence-electron chi connectivity index (χ2n) is 11.3. The maximum absolute atomic E-state index is 14.5. The van der Waals surface area contributed by atoms with Crippen LogP contribution in [0.5, 0.6) is 0 Å². The van der Waals surface area contributed by atoms with Gasteiger partial charge >= 0.3 is 0 Å². The minimum atomic E-state index is -0.708. The van der Waals surface area contributed by atoms with Gasteiger partial charge in [0.05, 0.1) is 11.9 Å². The molecule has 2 amide bonds. The number of benzene rings is 3. The first kappa shape index (κ1) is 29.7. The van der Waals surface area contributed by atoms with Gasteiger partial charge in [-0.2, -0.15) is 0 Å². The van der Waals surface area contributed by atoms with Crippen LogP contribution in [0.1, 0.15) is 33.8 Å². The zero-order valence-corrected chi connectivity index (χ0v) is 25.6. The van der Waals surface area contributed by atoms with Gasteiger partial charge in [0.1, 0.15) is 11.9 Å². The molecule has 0 aliphatic carbocycles. The number of amides is 2. The second kappa shape index (κ2) is 13.5. The molecule has 2 aromatic heterocycles. The molecule has 1 aliphatic heterocycles. The lowest BCUT2D eigenvalue weighted by molar-refractivity contribution is -0.144. The average Bonchev–Trinajstić information content (AvgIpc) is 3.41. The first-order valence-electron chi connectivity index (χ1n) is 15.2. The molecule has 45 heavy (non-hydrogen) atoms. The Labute approximate surface area is 263 Å². The van der Waals surface area contributed by atoms with E-state index in [1.807, 2.05) is 90.2 Å². The molecule has 0 saturated carbocycles. The van der Waals surface area contributed by atoms with E-state index in [1.165, 1.54) is 5.56 Å². The van der Waals surface area contributed by atoms with Crippen LogP contribution < -0.4 is 0 Å². The molecule has 0 radical (unpaired) electrons. The molecular weight excluding hydrogens is 560 g/mol. The van der Waals surface area contributed by atoms with Crippen LogP contribution in [0.2, 0.25) is 0 Å². The number of carbonyl (C=O) groups is 2. The predicted molar refractivity (Wildman–Crippen MR) is 174 cm³/mol. The minimum absolute atomic E-state index is 0.0548. The molecule has 0 N–H and O–H groups in total. The minimum Gasteiger partial charge on any atom is -0.336 e. The first-order valence-corrected chi connectivity index (χ1v) is 15.2. The summed E-state index contributed by atoms with van der Waals surface area (Å²) >= 11 is 0. The smallest absolute Gasteiger partial charge is 0.247 e. The lowest BCUT2D eigenvalue weighted by Gasteiger charge is -2.37. The van der Waals surface area contributed by atoms with Crippen LogP contribution in [-0.4, -0.2) is 53.7 Å². The lowest BCUT2D eigenvalue weighted by atomic mass is 9.97. The Morgan fingerprint density at radius 3 is 2.29 bits per heavy atom. The summed E-state index contributed by atoms with van der Waals surface area (Å²) in [5.74, 6) is 1.19. The summed E-state index contributed by atoms with van der Waals surface area (Å²) in [4.78, 5) is 45.3. The molecule has 5 aromatic rings. The van der Waals surface area contributed by atoms with Crippen LogP contribution in [0.3, 0.4) is 0 Å². The van der Waals surface area contributed by atoms with Gasteiger partial charge in [0.25, 0.3) is 0 Å². The number of hydrogen-bond donors (Lipinski definition) is 0. The van der Waals surface area contributed by atoms with Gasteiger partial charge in [0.15, 0.2) is 5.82 Å². The third-order valence-corrected chi connectivity index (χ3v) is 8.44. The highest BCUT2D eigenvalue weighted by molar-refractivity contribution is 5.95. The van der Waals surface area contributed by atoms with Crippen molar-refractivity contribution in [1.29, 1.82) is 0 Å². The molecule has 8 heteroatoms. The number of fused-ring (bicyclic) bond motifs is 1. The zero-order chi connectivity index (χ0) is 31.2. The Hall–Kier alpha value is -5.37. The Bertz CT molecular complexity index is 1800. The number of imidazole rings is 1. The monoisotopic (exact) mass is 596 g/mol. The molecule has 0 saturated heterocycles. The largest absolute Gasteiger partial charge is 0.336 e. The summed E-state index contributed by atoms with van der Waals surface area (Å²) in [7, 11) is 1.91. The average molecular weight is 597 g/mol. The van der Waals surface area contributed by atoms with Crippen LogP contribution in [0.25, 0.3) is 17.5 Å². The highest BCUT2D eigenvalue weighted by Gasteiger charge is 2.34. The van der Waals surface area contributed by atoms with E-state index < -0.39 is 6.04 Å². The molecule has 1 aliphatic rings. The summed E-state index contributed by atoms with van der Waals surface area (Å²) in [6, 6.07) is 27.1. The van der Waals surface area contributed by atoms with Crippen LogP contribution in [0.4, 0.5) is 0 Å². The zero-order valence-electron chi connectivity index (χ0n) is 25.6. The Morgan fingerprint density at radius 1 is 0.867 bits per heavy atom. The summed E-state index contributed by atoms with van der Waals surface area (Å²) in [6.45, 7) is 3.31. The molecule has 0 unspecified atom stereocenters. The SMILES string of the molecule is Cc1ncc(C=CC(=O)N(Cc2ccc(-c3ncccn3)cc2)[C@@H](Cc2ccccc2)C(=O)N2CCc3ccccc3C2)n1C. The third kappa shape index (κ3) is 6.91. The highest BCUT2D eigenvalue weighted by atomic mass is 16.2. The van der Waals surface area contributed by atoms with E-state index in [0.717, 1.165) is 40.2 Å². The summed E-state index contributed by atoms with van der Waals surface area (Å²) in [6.07, 6.45) is 9.68. The summed E-state index contributed by atoms with van der Waals surface area (Å²) in [5.41, 5.74) is 6.01. The predicted octanol–water partition coefficient (Wildman–Crippen LogP) is 5.42. The van der Waals surface area contributed by atoms with Crippen molar-refractivity contribution in [2.45, 2.75) is 38.9 Å². The number of rotatable bonds is 9. The molecule has 0 spiro atoms. The van der Waals surface area contributed by atoms with Crippen molar-refractivity contribution in [1.82, 2.24) is 29.3 Å². The van der Waals surface area contributed by atoms with Crippen LogP contribution in [0.15, 0.2) is 110 Å². The fourth-order valence-electron chi connectivity index (χ4n) is 5.74. The van der Waals surface area contributed by atoms with E-state index in [1.54, 1.807) is 41.7 Å². The Kier molecular flexibility index (Phi) is 8.91. The van der Waals surface area contributed by atoms with Crippen molar-refractivity contribution in [2.24, 2.45) is 7.05 Å². The molecule has 226 valence electrons. The highest BCUT2D eigenvalue weighted by Crippen LogP contribution is 2.24. The van der Waals surface area contributed by atoms with Crippen LogP contribution in [0, 0.1) is 6.92 Å². The van der Waals surface area contributed by atoms with Crippen LogP contribution >= 0.6 is 0 Å². The van der Waals surface area contributed by atoms with Gasteiger partial charge in [-0.15, -0.1) is 0 Å². The maximum Gasteiger partial charge on any atom is 0.247 e. The van der Waals surface area contributed by atoms with E-state index in [0.29, 0.717) is 25.3 Å². The van der Waals surface area contributed by atoms with E-state index in [4.69, 9.17) is 0 Å². The van der Waals surface area contributed by atoms with Crippen molar-refractivity contribution in [3.05, 3.63) is 143 Å². The van der Waals surface area contributed by atoms with Crippen molar-refractivity contribution >= 4 is 17.9 Å². The summed E-state index contributed by atoms with van der Waals surface area (Å²) < 4.78 is 1.93. The third-order valence-electron chi connectivity index (χ3n) is 8.44. The van der Waals surface area contributed by atoms with Gasteiger partial charge in [-0.25, -0.2) is 15.0 Å². The van der Waals surface area contributed by atoms with Crippen molar-refractivity contribution in [3.8, 4) is 11.4 Å². The van der Waals surface area contributed by atoms with E-state index >= 15 is 0 Å². The van der Waals surface area contributed by atoms with Crippen LogP contribution in [-0.2, 0) is 42.6 Å². The Morgan fingerprint density at radius 2 is 1.58 bits per heavy atom. The van der Waals surface area contributed by atoms with Gasteiger partial charge in [0, 0.05) is 57.1 Å².